The van der Waals surface area contributed by atoms with Gasteiger partial charge in [-0.25, -0.2) is 4.98 Å². The lowest BCUT2D eigenvalue weighted by Crippen LogP contribution is -2.27. The van der Waals surface area contributed by atoms with Crippen LogP contribution in [0.25, 0.3) is 0 Å². The van der Waals surface area contributed by atoms with E-state index in [2.05, 4.69) is 22.5 Å². The highest BCUT2D eigenvalue weighted by Gasteiger charge is 2.17. The first-order valence-electron chi connectivity index (χ1n) is 6.68. The minimum atomic E-state index is -0.560. The Morgan fingerprint density at radius 3 is 2.86 bits per heavy atom. The highest BCUT2D eigenvalue weighted by molar-refractivity contribution is 7.99. The molecule has 0 saturated heterocycles. The molecule has 0 aliphatic rings. The number of carbonyl (C=O) groups is 1. The molecule has 0 aliphatic carbocycles. The minimum absolute atomic E-state index is 0.195. The zero-order chi connectivity index (χ0) is 15.8. The number of amides is 1. The number of hydrogen-bond acceptors (Lipinski definition) is 6. The molecule has 1 unspecified atom stereocenters. The summed E-state index contributed by atoms with van der Waals surface area (Å²) in [4.78, 5) is 26.4. The van der Waals surface area contributed by atoms with E-state index in [-0.39, 0.29) is 17.2 Å². The maximum atomic E-state index is 12.2. The molecule has 1 rings (SSSR count). The van der Waals surface area contributed by atoms with Gasteiger partial charge in [-0.2, -0.15) is 11.8 Å². The Balaban J connectivity index is 2.84. The van der Waals surface area contributed by atoms with Gasteiger partial charge in [0.1, 0.15) is 12.0 Å². The molecule has 1 atom stereocenters. The van der Waals surface area contributed by atoms with Crippen LogP contribution in [0.15, 0.2) is 12.3 Å². The first kappa shape index (κ1) is 17.2. The molecule has 0 aromatic carbocycles. The Morgan fingerprint density at radius 2 is 2.29 bits per heavy atom. The van der Waals surface area contributed by atoms with Crippen LogP contribution in [0.3, 0.4) is 0 Å². The number of nitrogens with zero attached hydrogens (tertiary/aromatic N) is 2. The van der Waals surface area contributed by atoms with Crippen LogP contribution >= 0.6 is 11.8 Å². The van der Waals surface area contributed by atoms with E-state index in [1.54, 1.807) is 11.8 Å². The Labute approximate surface area is 128 Å². The second-order valence-corrected chi connectivity index (χ2v) is 5.74. The van der Waals surface area contributed by atoms with Crippen molar-refractivity contribution in [1.29, 1.82) is 0 Å². The quantitative estimate of drug-likeness (QED) is 0.564. The molecule has 1 amide bonds. The van der Waals surface area contributed by atoms with Crippen LogP contribution in [-0.2, 0) is 0 Å². The summed E-state index contributed by atoms with van der Waals surface area (Å²) in [5.74, 6) is 0.00830. The zero-order valence-electron chi connectivity index (χ0n) is 12.4. The number of thioether (sulfide) groups is 1. The Morgan fingerprint density at radius 1 is 1.57 bits per heavy atom. The van der Waals surface area contributed by atoms with E-state index in [0.717, 1.165) is 12.6 Å². The van der Waals surface area contributed by atoms with Crippen molar-refractivity contribution in [2.45, 2.75) is 25.5 Å². The number of hydrogen-bond donors (Lipinski definition) is 2. The van der Waals surface area contributed by atoms with Crippen LogP contribution in [0.2, 0.25) is 0 Å². The number of aromatic nitrogens is 1. The number of nitro groups is 1. The van der Waals surface area contributed by atoms with Crippen molar-refractivity contribution in [1.82, 2.24) is 10.3 Å². The van der Waals surface area contributed by atoms with Crippen molar-refractivity contribution in [2.75, 3.05) is 24.7 Å². The van der Waals surface area contributed by atoms with Crippen molar-refractivity contribution < 1.29 is 9.72 Å². The lowest BCUT2D eigenvalue weighted by Gasteiger charge is -2.11. The summed E-state index contributed by atoms with van der Waals surface area (Å²) >= 11 is 1.72. The second-order valence-electron chi connectivity index (χ2n) is 4.47. The summed E-state index contributed by atoms with van der Waals surface area (Å²) < 4.78 is 0. The van der Waals surface area contributed by atoms with Crippen molar-refractivity contribution >= 4 is 29.2 Å². The van der Waals surface area contributed by atoms with Crippen molar-refractivity contribution in [3.8, 4) is 0 Å². The average Bonchev–Trinajstić information content (AvgIpc) is 2.47. The van der Waals surface area contributed by atoms with E-state index < -0.39 is 4.92 Å². The van der Waals surface area contributed by atoms with Gasteiger partial charge in [-0.15, -0.1) is 0 Å². The molecule has 0 radical (unpaired) electrons. The number of anilines is 1. The maximum Gasteiger partial charge on any atom is 0.288 e. The Kier molecular flexibility index (Phi) is 6.93. The van der Waals surface area contributed by atoms with Gasteiger partial charge in [-0.3, -0.25) is 14.9 Å². The van der Waals surface area contributed by atoms with Crippen LogP contribution in [0.5, 0.6) is 0 Å². The molecule has 2 N–H and O–H groups in total. The molecule has 21 heavy (non-hydrogen) atoms. The zero-order valence-corrected chi connectivity index (χ0v) is 13.2. The summed E-state index contributed by atoms with van der Waals surface area (Å²) in [6.45, 7) is 5.05. The van der Waals surface area contributed by atoms with Crippen molar-refractivity contribution in [3.05, 3.63) is 27.9 Å². The third kappa shape index (κ3) is 5.22. The SMILES string of the molecule is CCNc1ncc([N+](=O)[O-])cc1C(=O)NCCC(C)SC. The summed E-state index contributed by atoms with van der Waals surface area (Å²) in [6, 6.07) is 1.25. The second kappa shape index (κ2) is 8.46. The number of carbonyl (C=O) groups excluding carboxylic acids is 1. The number of nitrogens with one attached hydrogen (secondary N) is 2. The summed E-state index contributed by atoms with van der Waals surface area (Å²) in [5, 5.41) is 17.0. The highest BCUT2D eigenvalue weighted by atomic mass is 32.2. The standard InChI is InChI=1S/C13H20N4O3S/c1-4-14-12-11(7-10(8-16-12)17(19)20)13(18)15-6-5-9(2)21-3/h7-9H,4-6H2,1-3H3,(H,14,16)(H,15,18). The molecule has 0 saturated carbocycles. The first-order valence-corrected chi connectivity index (χ1v) is 7.97. The Hall–Kier alpha value is -1.83. The van der Waals surface area contributed by atoms with Gasteiger partial charge in [0.15, 0.2) is 0 Å². The third-order valence-electron chi connectivity index (χ3n) is 2.91. The number of pyridine rings is 1. The summed E-state index contributed by atoms with van der Waals surface area (Å²) in [6.07, 6.45) is 4.00. The van der Waals surface area contributed by atoms with Crippen LogP contribution in [0.4, 0.5) is 11.5 Å². The monoisotopic (exact) mass is 312 g/mol. The molecule has 1 aromatic rings. The van der Waals surface area contributed by atoms with Crippen molar-refractivity contribution in [3.63, 3.8) is 0 Å². The molecular formula is C13H20N4O3S. The lowest BCUT2D eigenvalue weighted by atomic mass is 10.2. The Bertz CT molecular complexity index is 510. The highest BCUT2D eigenvalue weighted by Crippen LogP contribution is 2.19. The molecule has 8 heteroatoms. The predicted octanol–water partition coefficient (Wildman–Crippen LogP) is 2.29. The van der Waals surface area contributed by atoms with E-state index in [0.29, 0.717) is 24.2 Å². The van der Waals surface area contributed by atoms with E-state index >= 15 is 0 Å². The van der Waals surface area contributed by atoms with Gasteiger partial charge >= 0.3 is 0 Å². The van der Waals surface area contributed by atoms with Crippen LogP contribution in [0.1, 0.15) is 30.6 Å². The average molecular weight is 312 g/mol. The van der Waals surface area contributed by atoms with Crippen molar-refractivity contribution in [2.24, 2.45) is 0 Å². The van der Waals surface area contributed by atoms with Gasteiger partial charge < -0.3 is 10.6 Å². The van der Waals surface area contributed by atoms with Gasteiger partial charge in [-0.05, 0) is 19.6 Å². The molecule has 7 nitrogen and oxygen atoms in total. The fourth-order valence-electron chi connectivity index (χ4n) is 1.64. The molecule has 1 heterocycles. The van der Waals surface area contributed by atoms with Crippen LogP contribution < -0.4 is 10.6 Å². The maximum absolute atomic E-state index is 12.2. The molecule has 0 aliphatic heterocycles. The molecule has 0 spiro atoms. The molecule has 1 aromatic heterocycles. The van der Waals surface area contributed by atoms with Gasteiger partial charge in [0.25, 0.3) is 11.6 Å². The van der Waals surface area contributed by atoms with E-state index in [4.69, 9.17) is 0 Å². The predicted molar refractivity (Wildman–Crippen MR) is 85.0 cm³/mol. The topological polar surface area (TPSA) is 97.2 Å². The summed E-state index contributed by atoms with van der Waals surface area (Å²) in [5.41, 5.74) is 0.00198. The van der Waals surface area contributed by atoms with Crippen LogP contribution in [-0.4, -0.2) is 40.4 Å². The van der Waals surface area contributed by atoms with Crippen LogP contribution in [0, 0.1) is 10.1 Å². The fraction of sp³-hybridized carbons (Fsp3) is 0.538. The van der Waals surface area contributed by atoms with Gasteiger partial charge in [0.2, 0.25) is 0 Å². The molecule has 0 fully saturated rings. The van der Waals surface area contributed by atoms with E-state index in [1.165, 1.54) is 6.07 Å². The van der Waals surface area contributed by atoms with Gasteiger partial charge in [0.05, 0.1) is 10.5 Å². The molecular weight excluding hydrogens is 292 g/mol. The largest absolute Gasteiger partial charge is 0.370 e. The smallest absolute Gasteiger partial charge is 0.288 e. The van der Waals surface area contributed by atoms with Gasteiger partial charge in [0, 0.05) is 24.4 Å². The van der Waals surface area contributed by atoms with Gasteiger partial charge in [-0.1, -0.05) is 6.92 Å². The number of rotatable bonds is 8. The fourth-order valence-corrected chi connectivity index (χ4v) is 1.99. The normalized spacial score (nSPS) is 11.8. The van der Waals surface area contributed by atoms with E-state index in [9.17, 15) is 14.9 Å². The lowest BCUT2D eigenvalue weighted by molar-refractivity contribution is -0.385. The first-order chi connectivity index (χ1) is 9.99. The third-order valence-corrected chi connectivity index (χ3v) is 3.95. The minimum Gasteiger partial charge on any atom is -0.370 e. The molecule has 116 valence electrons. The molecule has 0 bridgehead atoms. The summed E-state index contributed by atoms with van der Waals surface area (Å²) in [7, 11) is 0. The van der Waals surface area contributed by atoms with E-state index in [1.807, 2.05) is 13.2 Å².